The van der Waals surface area contributed by atoms with E-state index in [1.54, 1.807) is 53.1 Å². The van der Waals surface area contributed by atoms with Gasteiger partial charge >= 0.3 is 24.2 Å². The summed E-state index contributed by atoms with van der Waals surface area (Å²) in [4.78, 5) is 64.6. The molecular weight excluding hydrogens is 954 g/mol. The molecule has 3 aromatic rings. The number of aromatic nitrogens is 2. The van der Waals surface area contributed by atoms with Crippen molar-refractivity contribution in [3.8, 4) is 11.3 Å². The lowest BCUT2D eigenvalue weighted by molar-refractivity contribution is -0.155. The van der Waals surface area contributed by atoms with Crippen LogP contribution in [0.25, 0.3) is 22.2 Å². The number of fused-ring (bicyclic) bond motifs is 1. The quantitative estimate of drug-likeness (QED) is 0.103. The molecule has 0 spiro atoms. The number of alkyl halides is 3. The van der Waals surface area contributed by atoms with Gasteiger partial charge in [-0.2, -0.15) is 13.2 Å². The lowest BCUT2D eigenvalue weighted by Gasteiger charge is -2.42. The summed E-state index contributed by atoms with van der Waals surface area (Å²) in [5, 5.41) is 4.61. The Morgan fingerprint density at radius 1 is 0.945 bits per heavy atom. The number of ether oxygens (including phenoxy) is 6. The third-order valence-corrected chi connectivity index (χ3v) is 13.8. The number of amides is 2. The average molecular weight is 1030 g/mol. The summed E-state index contributed by atoms with van der Waals surface area (Å²) < 4.78 is 81.3. The van der Waals surface area contributed by atoms with Gasteiger partial charge in [0.2, 0.25) is 0 Å². The second kappa shape index (κ2) is 23.1. The van der Waals surface area contributed by atoms with E-state index in [1.807, 2.05) is 37.8 Å². The number of carbonyl (C=O) groups is 4. The Hall–Kier alpha value is -5.22. The van der Waals surface area contributed by atoms with Crippen LogP contribution in [0.3, 0.4) is 0 Å². The van der Waals surface area contributed by atoms with Crippen molar-refractivity contribution < 1.29 is 60.8 Å². The first-order valence-electron chi connectivity index (χ1n) is 25.5. The van der Waals surface area contributed by atoms with E-state index < -0.39 is 78.1 Å². The van der Waals surface area contributed by atoms with Crippen LogP contribution in [0, 0.1) is 5.41 Å². The molecule has 1 saturated carbocycles. The number of anilines is 2. The molecule has 5 atom stereocenters. The molecule has 3 aliphatic heterocycles. The minimum atomic E-state index is -4.63. The summed E-state index contributed by atoms with van der Waals surface area (Å²) >= 11 is 0. The van der Waals surface area contributed by atoms with Crippen LogP contribution in [0.4, 0.5) is 29.3 Å². The molecule has 2 N–H and O–H groups in total. The summed E-state index contributed by atoms with van der Waals surface area (Å²) in [6.07, 6.45) is -2.68. The molecule has 0 radical (unpaired) electrons. The van der Waals surface area contributed by atoms with Crippen molar-refractivity contribution in [2.75, 3.05) is 89.7 Å². The summed E-state index contributed by atoms with van der Waals surface area (Å²) in [6.45, 7) is 16.9. The zero-order chi connectivity index (χ0) is 53.0. The topological polar surface area (TPSA) is 178 Å². The van der Waals surface area contributed by atoms with Gasteiger partial charge in [0, 0.05) is 100 Å². The third kappa shape index (κ3) is 13.9. The molecule has 4 fully saturated rings. The second-order valence-electron chi connectivity index (χ2n) is 21.3. The molecule has 7 rings (SSSR count). The highest BCUT2D eigenvalue weighted by atomic mass is 19.4. The Labute approximate surface area is 426 Å². The van der Waals surface area contributed by atoms with E-state index in [2.05, 4.69) is 20.5 Å². The molecule has 3 saturated heterocycles. The van der Waals surface area contributed by atoms with Crippen molar-refractivity contribution in [3.05, 3.63) is 41.7 Å². The van der Waals surface area contributed by atoms with E-state index in [4.69, 9.17) is 33.4 Å². The van der Waals surface area contributed by atoms with Gasteiger partial charge in [-0.05, 0) is 96.6 Å². The molecule has 2 aromatic heterocycles. The van der Waals surface area contributed by atoms with Crippen molar-refractivity contribution in [1.29, 1.82) is 0 Å². The number of morpholine rings is 1. The fraction of sp³-hybridized carbons (Fsp3) is 0.673. The van der Waals surface area contributed by atoms with Gasteiger partial charge in [-0.25, -0.2) is 10.2 Å². The number of hydrogen-bond donors (Lipinski definition) is 2. The molecule has 0 bridgehead atoms. The summed E-state index contributed by atoms with van der Waals surface area (Å²) in [5.41, 5.74) is 5.07. The molecule has 5 heterocycles. The number of methoxy groups -OCH3 is 2. The van der Waals surface area contributed by atoms with Crippen LogP contribution < -0.4 is 20.5 Å². The fourth-order valence-electron chi connectivity index (χ4n) is 10.2. The van der Waals surface area contributed by atoms with Gasteiger partial charge in [0.25, 0.3) is 5.91 Å². The number of piperazine rings is 1. The third-order valence-electron chi connectivity index (χ3n) is 13.8. The van der Waals surface area contributed by atoms with E-state index in [0.717, 1.165) is 31.9 Å². The molecule has 2 amide bonds. The van der Waals surface area contributed by atoms with Crippen LogP contribution in [0.1, 0.15) is 98.4 Å². The smallest absolute Gasteiger partial charge is 0.408 e. The Morgan fingerprint density at radius 3 is 2.30 bits per heavy atom. The van der Waals surface area contributed by atoms with Crippen LogP contribution in [0.2, 0.25) is 0 Å². The van der Waals surface area contributed by atoms with Crippen LogP contribution in [-0.2, 0) is 55.8 Å². The number of alkyl carbamates (subject to hydrolysis) is 1. The predicted molar refractivity (Wildman–Crippen MR) is 268 cm³/mol. The normalized spacial score (nSPS) is 20.6. The minimum Gasteiger partial charge on any atom is -0.468 e. The summed E-state index contributed by atoms with van der Waals surface area (Å²) in [7, 11) is 2.81. The van der Waals surface area contributed by atoms with Crippen molar-refractivity contribution in [3.63, 3.8) is 0 Å². The zero-order valence-electron chi connectivity index (χ0n) is 44.1. The molecule has 18 nitrogen and oxygen atoms in total. The van der Waals surface area contributed by atoms with Crippen LogP contribution in [0.15, 0.2) is 30.5 Å². The lowest BCUT2D eigenvalue weighted by atomic mass is 9.84. The number of esters is 2. The average Bonchev–Trinajstić information content (AvgIpc) is 4.17. The Bertz CT molecular complexity index is 2430. The van der Waals surface area contributed by atoms with E-state index in [1.165, 1.54) is 36.5 Å². The molecular formula is C52H75F3N8O10. The number of benzene rings is 1. The first kappa shape index (κ1) is 55.5. The van der Waals surface area contributed by atoms with E-state index in [0.29, 0.717) is 64.5 Å². The number of nitrogens with one attached hydrogen (secondary N) is 2. The number of nitrogens with zero attached hydrogens (tertiary/aromatic N) is 6. The van der Waals surface area contributed by atoms with E-state index in [-0.39, 0.29) is 39.3 Å². The SMILES string of the molecule is CCO[C@@H]([C@H](NC(=O)OC(C)(C)C)C(=O)N1CCC[C@@H](C(=O)OC)N1)[C@H]1CN(c2ccc3c(c2)c(CC(C)(C)COC(C)=O)c(-c2cc(N4CCN(C5CC5)CC4)cnc2[C@H](C)OC)n3CC(F)(F)F)CCO1. The number of hydrazine groups is 1. The predicted octanol–water partition coefficient (Wildman–Crippen LogP) is 6.56. The maximum Gasteiger partial charge on any atom is 0.408 e. The number of carbonyl (C=O) groups excluding carboxylic acids is 4. The minimum absolute atomic E-state index is 0.00970. The van der Waals surface area contributed by atoms with Crippen molar-refractivity contribution in [2.24, 2.45) is 5.41 Å². The largest absolute Gasteiger partial charge is 0.468 e. The van der Waals surface area contributed by atoms with E-state index in [9.17, 15) is 19.2 Å². The molecule has 1 aromatic carbocycles. The number of rotatable bonds is 18. The van der Waals surface area contributed by atoms with Gasteiger partial charge in [0.15, 0.2) is 0 Å². The summed E-state index contributed by atoms with van der Waals surface area (Å²) in [5.74, 6) is -1.59. The lowest BCUT2D eigenvalue weighted by Crippen LogP contribution is -2.65. The Morgan fingerprint density at radius 2 is 1.67 bits per heavy atom. The maximum absolute atomic E-state index is 15.1. The monoisotopic (exact) mass is 1030 g/mol. The highest BCUT2D eigenvalue weighted by Crippen LogP contribution is 2.44. The van der Waals surface area contributed by atoms with Crippen LogP contribution in [-0.4, -0.2) is 165 Å². The molecule has 404 valence electrons. The first-order valence-corrected chi connectivity index (χ1v) is 25.5. The first-order chi connectivity index (χ1) is 34.5. The molecule has 73 heavy (non-hydrogen) atoms. The second-order valence-corrected chi connectivity index (χ2v) is 21.3. The van der Waals surface area contributed by atoms with Gasteiger partial charge in [-0.15, -0.1) is 0 Å². The van der Waals surface area contributed by atoms with Gasteiger partial charge < -0.3 is 48.1 Å². The highest BCUT2D eigenvalue weighted by Gasteiger charge is 2.44. The Balaban J connectivity index is 1.32. The molecule has 0 unspecified atom stereocenters. The van der Waals surface area contributed by atoms with Crippen LogP contribution >= 0.6 is 0 Å². The van der Waals surface area contributed by atoms with Crippen LogP contribution in [0.5, 0.6) is 0 Å². The number of hydrogen-bond acceptors (Lipinski definition) is 15. The molecule has 4 aliphatic rings. The number of halogens is 3. The molecule has 1 aliphatic carbocycles. The van der Waals surface area contributed by atoms with Crippen molar-refractivity contribution in [1.82, 2.24) is 30.2 Å². The molecule has 21 heteroatoms. The van der Waals surface area contributed by atoms with Gasteiger partial charge in [-0.3, -0.25) is 29.3 Å². The van der Waals surface area contributed by atoms with Crippen molar-refractivity contribution >= 4 is 46.2 Å². The van der Waals surface area contributed by atoms with Gasteiger partial charge in [0.1, 0.15) is 36.4 Å². The zero-order valence-corrected chi connectivity index (χ0v) is 44.1. The van der Waals surface area contributed by atoms with E-state index >= 15 is 13.2 Å². The van der Waals surface area contributed by atoms with Gasteiger partial charge in [0.05, 0.1) is 49.7 Å². The summed E-state index contributed by atoms with van der Waals surface area (Å²) in [6, 6.07) is 5.80. The maximum atomic E-state index is 15.1. The fourth-order valence-corrected chi connectivity index (χ4v) is 10.2. The Kier molecular flexibility index (Phi) is 17.6. The number of pyridine rings is 1. The van der Waals surface area contributed by atoms with Gasteiger partial charge in [-0.1, -0.05) is 13.8 Å². The standard InChI is InChI=1S/C52H75F3N8O10/c1-11-70-46(44(57-49(67)73-50(4,5)6)47(65)63-18-12-13-40(58-63)48(66)69-10)42-29-61(23-24-71-42)35-16-17-41-37(25-35)39(27-51(7,8)31-72-33(3)64)45(62(41)30-52(53,54)55)38-26-36(28-56-43(38)32(2)68-9)60-21-19-59(20-22-60)34-14-15-34/h16-17,25-26,28,32,34,40,42,44,46,58H,11-15,18-24,27,29-31H2,1-10H3,(H,57,67)/t32-,40-,42+,44-,46+/m0/s1. The highest BCUT2D eigenvalue weighted by molar-refractivity contribution is 5.95. The van der Waals surface area contributed by atoms with Crippen molar-refractivity contribution in [2.45, 2.75) is 142 Å².